The van der Waals surface area contributed by atoms with Gasteiger partial charge in [0.2, 0.25) is 16.9 Å². The molecule has 1 aliphatic heterocycles. The molecule has 0 radical (unpaired) electrons. The van der Waals surface area contributed by atoms with E-state index in [2.05, 4.69) is 15.5 Å². The number of carbonyl (C=O) groups is 2. The van der Waals surface area contributed by atoms with E-state index in [4.69, 9.17) is 4.74 Å². The maximum atomic E-state index is 12.4. The van der Waals surface area contributed by atoms with Crippen LogP contribution in [0, 0.1) is 5.92 Å². The topological polar surface area (TPSA) is 84.4 Å². The van der Waals surface area contributed by atoms with Crippen LogP contribution in [-0.4, -0.2) is 46.1 Å². The Morgan fingerprint density at radius 3 is 2.91 bits per heavy atom. The number of nitrogens with one attached hydrogen (secondary N) is 1. The lowest BCUT2D eigenvalue weighted by Crippen LogP contribution is -2.35. The van der Waals surface area contributed by atoms with Crippen molar-refractivity contribution in [2.45, 2.75) is 51.7 Å². The van der Waals surface area contributed by atoms with Crippen LogP contribution in [0.15, 0.2) is 0 Å². The average molecular weight is 338 g/mol. The zero-order valence-corrected chi connectivity index (χ0v) is 14.1. The number of rotatable bonds is 6. The van der Waals surface area contributed by atoms with Gasteiger partial charge in [-0.05, 0) is 19.8 Å². The highest BCUT2D eigenvalue weighted by atomic mass is 32.1. The lowest BCUT2D eigenvalue weighted by atomic mass is 10.1. The van der Waals surface area contributed by atoms with Crippen molar-refractivity contribution in [1.82, 2.24) is 15.1 Å². The lowest BCUT2D eigenvalue weighted by molar-refractivity contribution is -0.129. The minimum Gasteiger partial charge on any atom is -0.374 e. The van der Waals surface area contributed by atoms with Crippen molar-refractivity contribution in [2.75, 3.05) is 18.5 Å². The molecular formula is C15H22N4O3S. The van der Waals surface area contributed by atoms with Crippen LogP contribution >= 0.6 is 11.3 Å². The summed E-state index contributed by atoms with van der Waals surface area (Å²) in [6, 6.07) is 0.333. The van der Waals surface area contributed by atoms with Crippen molar-refractivity contribution in [3.63, 3.8) is 0 Å². The van der Waals surface area contributed by atoms with Crippen LogP contribution in [0.5, 0.6) is 0 Å². The normalized spacial score (nSPS) is 22.0. The highest BCUT2D eigenvalue weighted by Gasteiger charge is 2.38. The number of anilines is 1. The standard InChI is InChI=1S/C15H22N4O3S/c1-2-22-9-12-17-18-15(23-12)16-14(21)10-7-13(20)19(8-10)11-5-3-4-6-11/h10-11H,2-9H2,1H3,(H,16,18,21)/t10-/m1/s1. The quantitative estimate of drug-likeness (QED) is 0.855. The first-order chi connectivity index (χ1) is 11.2. The largest absolute Gasteiger partial charge is 0.374 e. The molecule has 2 amide bonds. The molecule has 3 rings (SSSR count). The summed E-state index contributed by atoms with van der Waals surface area (Å²) in [6.07, 6.45) is 4.79. The first-order valence-corrected chi connectivity index (χ1v) is 8.99. The average Bonchev–Trinajstić information content (AvgIpc) is 3.25. The van der Waals surface area contributed by atoms with Gasteiger partial charge in [-0.1, -0.05) is 24.2 Å². The van der Waals surface area contributed by atoms with Gasteiger partial charge in [0.05, 0.1) is 5.92 Å². The number of ether oxygens (including phenoxy) is 1. The van der Waals surface area contributed by atoms with Gasteiger partial charge in [-0.15, -0.1) is 10.2 Å². The molecular weight excluding hydrogens is 316 g/mol. The number of nitrogens with zero attached hydrogens (tertiary/aromatic N) is 3. The Bertz CT molecular complexity index is 571. The summed E-state index contributed by atoms with van der Waals surface area (Å²) < 4.78 is 5.27. The van der Waals surface area contributed by atoms with Gasteiger partial charge in [-0.2, -0.15) is 0 Å². The van der Waals surface area contributed by atoms with E-state index in [9.17, 15) is 9.59 Å². The Balaban J connectivity index is 1.54. The summed E-state index contributed by atoms with van der Waals surface area (Å²) >= 11 is 1.31. The molecule has 7 nitrogen and oxygen atoms in total. The van der Waals surface area contributed by atoms with Gasteiger partial charge in [0.25, 0.3) is 0 Å². The predicted molar refractivity (Wildman–Crippen MR) is 85.9 cm³/mol. The summed E-state index contributed by atoms with van der Waals surface area (Å²) in [4.78, 5) is 26.4. The monoisotopic (exact) mass is 338 g/mol. The van der Waals surface area contributed by atoms with Crippen LogP contribution in [0.1, 0.15) is 44.0 Å². The number of carbonyl (C=O) groups excluding carboxylic acids is 2. The molecule has 2 fully saturated rings. The van der Waals surface area contributed by atoms with Crippen LogP contribution in [0.2, 0.25) is 0 Å². The first-order valence-electron chi connectivity index (χ1n) is 8.17. The minimum atomic E-state index is -0.289. The molecule has 1 saturated heterocycles. The maximum Gasteiger partial charge on any atom is 0.231 e. The smallest absolute Gasteiger partial charge is 0.231 e. The van der Waals surface area contributed by atoms with Crippen molar-refractivity contribution in [2.24, 2.45) is 5.92 Å². The van der Waals surface area contributed by atoms with Gasteiger partial charge in [0, 0.05) is 25.6 Å². The molecule has 2 aliphatic rings. The van der Waals surface area contributed by atoms with E-state index in [0.717, 1.165) is 17.8 Å². The molecule has 1 aromatic heterocycles. The molecule has 0 unspecified atom stereocenters. The summed E-state index contributed by atoms with van der Waals surface area (Å²) in [5, 5.41) is 11.9. The fourth-order valence-corrected chi connectivity index (χ4v) is 3.92. The first kappa shape index (κ1) is 16.3. The Morgan fingerprint density at radius 1 is 1.39 bits per heavy atom. The summed E-state index contributed by atoms with van der Waals surface area (Å²) in [5.74, 6) is -0.327. The molecule has 1 saturated carbocycles. The van der Waals surface area contributed by atoms with Gasteiger partial charge in [-0.25, -0.2) is 0 Å². The molecule has 0 bridgehead atoms. The highest BCUT2D eigenvalue weighted by molar-refractivity contribution is 7.15. The number of likely N-dealkylation sites (tertiary alicyclic amines) is 1. The van der Waals surface area contributed by atoms with Crippen molar-refractivity contribution >= 4 is 28.3 Å². The van der Waals surface area contributed by atoms with Crippen molar-refractivity contribution in [1.29, 1.82) is 0 Å². The second kappa shape index (κ2) is 7.35. The molecule has 1 aromatic rings. The van der Waals surface area contributed by atoms with Gasteiger partial charge in [0.15, 0.2) is 0 Å². The predicted octanol–water partition coefficient (Wildman–Crippen LogP) is 1.80. The van der Waals surface area contributed by atoms with E-state index in [0.29, 0.717) is 37.4 Å². The van der Waals surface area contributed by atoms with Gasteiger partial charge in [0.1, 0.15) is 11.6 Å². The Morgan fingerprint density at radius 2 is 2.17 bits per heavy atom. The number of amides is 2. The molecule has 8 heteroatoms. The second-order valence-electron chi connectivity index (χ2n) is 6.01. The third-order valence-electron chi connectivity index (χ3n) is 4.42. The van der Waals surface area contributed by atoms with E-state index in [1.807, 2.05) is 11.8 Å². The van der Waals surface area contributed by atoms with E-state index < -0.39 is 0 Å². The number of aromatic nitrogens is 2. The molecule has 2 heterocycles. The molecule has 126 valence electrons. The molecule has 23 heavy (non-hydrogen) atoms. The summed E-state index contributed by atoms with van der Waals surface area (Å²) in [6.45, 7) is 3.46. The van der Waals surface area contributed by atoms with Crippen LogP contribution in [0.25, 0.3) is 0 Å². The third-order valence-corrected chi connectivity index (χ3v) is 5.23. The van der Waals surface area contributed by atoms with Crippen LogP contribution in [0.4, 0.5) is 5.13 Å². The van der Waals surface area contributed by atoms with Gasteiger partial charge < -0.3 is 15.0 Å². The van der Waals surface area contributed by atoms with E-state index in [1.165, 1.54) is 24.2 Å². The lowest BCUT2D eigenvalue weighted by Gasteiger charge is -2.23. The second-order valence-corrected chi connectivity index (χ2v) is 7.07. The zero-order valence-electron chi connectivity index (χ0n) is 13.3. The van der Waals surface area contributed by atoms with E-state index in [1.54, 1.807) is 0 Å². The molecule has 0 spiro atoms. The van der Waals surface area contributed by atoms with Crippen molar-refractivity contribution in [3.8, 4) is 0 Å². The Hall–Kier alpha value is -1.54. The van der Waals surface area contributed by atoms with Crippen molar-refractivity contribution < 1.29 is 14.3 Å². The summed E-state index contributed by atoms with van der Waals surface area (Å²) in [7, 11) is 0. The van der Waals surface area contributed by atoms with Gasteiger partial charge >= 0.3 is 0 Å². The zero-order chi connectivity index (χ0) is 16.2. The SMILES string of the molecule is CCOCc1nnc(NC(=O)[C@@H]2CC(=O)N(C3CCCC3)C2)s1. The summed E-state index contributed by atoms with van der Waals surface area (Å²) in [5.41, 5.74) is 0. The number of hydrogen-bond acceptors (Lipinski definition) is 6. The van der Waals surface area contributed by atoms with E-state index in [-0.39, 0.29) is 17.7 Å². The van der Waals surface area contributed by atoms with Crippen molar-refractivity contribution in [3.05, 3.63) is 5.01 Å². The number of hydrogen-bond donors (Lipinski definition) is 1. The fourth-order valence-electron chi connectivity index (χ4n) is 3.24. The Labute approximate surface area is 139 Å². The fraction of sp³-hybridized carbons (Fsp3) is 0.733. The molecule has 1 N–H and O–H groups in total. The van der Waals surface area contributed by atoms with Crippen LogP contribution in [0.3, 0.4) is 0 Å². The molecule has 1 atom stereocenters. The molecule has 1 aliphatic carbocycles. The Kier molecular flexibility index (Phi) is 5.22. The van der Waals surface area contributed by atoms with Crippen LogP contribution in [-0.2, 0) is 20.9 Å². The van der Waals surface area contributed by atoms with Gasteiger partial charge in [-0.3, -0.25) is 9.59 Å². The highest BCUT2D eigenvalue weighted by Crippen LogP contribution is 2.30. The molecule has 0 aromatic carbocycles. The maximum absolute atomic E-state index is 12.4. The van der Waals surface area contributed by atoms with E-state index >= 15 is 0 Å². The van der Waals surface area contributed by atoms with Crippen LogP contribution < -0.4 is 5.32 Å². The minimum absolute atomic E-state index is 0.103. The third kappa shape index (κ3) is 3.87.